The molecule has 0 saturated carbocycles. The molecule has 0 spiro atoms. The maximum Gasteiger partial charge on any atom is 0.338 e. The summed E-state index contributed by atoms with van der Waals surface area (Å²) in [5.74, 6) is 0.515. The lowest BCUT2D eigenvalue weighted by molar-refractivity contribution is 0.0289. The molecule has 2 aliphatic rings. The highest BCUT2D eigenvalue weighted by molar-refractivity contribution is 5.92. The van der Waals surface area contributed by atoms with Crippen LogP contribution in [0.15, 0.2) is 18.2 Å². The molecule has 0 aromatic heterocycles. The average molecular weight is 332 g/mol. The van der Waals surface area contributed by atoms with Gasteiger partial charge in [0.1, 0.15) is 0 Å². The fourth-order valence-corrected chi connectivity index (χ4v) is 3.66. The number of esters is 1. The van der Waals surface area contributed by atoms with E-state index in [4.69, 9.17) is 9.47 Å². The summed E-state index contributed by atoms with van der Waals surface area (Å²) in [7, 11) is 1.44. The number of nitrogens with zero attached hydrogens (tertiary/aromatic N) is 2. The van der Waals surface area contributed by atoms with Crippen molar-refractivity contribution in [1.29, 1.82) is 0 Å². The van der Waals surface area contributed by atoms with E-state index in [9.17, 15) is 4.79 Å². The predicted molar refractivity (Wildman–Crippen MR) is 94.7 cm³/mol. The molecule has 0 bridgehead atoms. The number of aryl methyl sites for hydroxylation is 1. The van der Waals surface area contributed by atoms with Crippen LogP contribution in [0.2, 0.25) is 0 Å². The first-order valence-corrected chi connectivity index (χ1v) is 8.91. The van der Waals surface area contributed by atoms with Crippen LogP contribution in [0.1, 0.15) is 28.8 Å². The lowest BCUT2D eigenvalue weighted by atomic mass is 9.95. The molecule has 2 aliphatic heterocycles. The summed E-state index contributed by atoms with van der Waals surface area (Å²) in [6.45, 7) is 9.14. The first kappa shape index (κ1) is 17.2. The number of piperidine rings is 1. The predicted octanol–water partition coefficient (Wildman–Crippen LogP) is 2.33. The molecular formula is C19H28N2O3. The average Bonchev–Trinajstić information content (AvgIpc) is 2.63. The van der Waals surface area contributed by atoms with Gasteiger partial charge in [0.25, 0.3) is 0 Å². The van der Waals surface area contributed by atoms with E-state index >= 15 is 0 Å². The molecule has 2 saturated heterocycles. The van der Waals surface area contributed by atoms with Crippen LogP contribution in [0.4, 0.5) is 5.69 Å². The number of benzene rings is 1. The fraction of sp³-hybridized carbons (Fsp3) is 0.632. The molecule has 0 unspecified atom stereocenters. The molecule has 0 aliphatic carbocycles. The molecule has 0 radical (unpaired) electrons. The molecule has 132 valence electrons. The fourth-order valence-electron chi connectivity index (χ4n) is 3.66. The molecule has 1 aromatic rings. The Morgan fingerprint density at radius 3 is 2.58 bits per heavy atom. The summed E-state index contributed by atoms with van der Waals surface area (Å²) in [6, 6.07) is 6.11. The Bertz CT molecular complexity index is 562. The smallest absolute Gasteiger partial charge is 0.338 e. The topological polar surface area (TPSA) is 42.0 Å². The number of carbonyl (C=O) groups excluding carboxylic acids is 1. The lowest BCUT2D eigenvalue weighted by Crippen LogP contribution is -2.43. The summed E-state index contributed by atoms with van der Waals surface area (Å²) >= 11 is 0. The van der Waals surface area contributed by atoms with Crippen LogP contribution in [-0.2, 0) is 9.47 Å². The van der Waals surface area contributed by atoms with Crippen LogP contribution in [0.3, 0.4) is 0 Å². The Balaban J connectivity index is 1.57. The van der Waals surface area contributed by atoms with Gasteiger partial charge >= 0.3 is 5.97 Å². The maximum atomic E-state index is 11.9. The number of carbonyl (C=O) groups is 1. The van der Waals surface area contributed by atoms with Crippen LogP contribution < -0.4 is 4.90 Å². The molecule has 0 atom stereocenters. The van der Waals surface area contributed by atoms with Crippen LogP contribution in [0.25, 0.3) is 0 Å². The molecule has 0 amide bonds. The normalized spacial score (nSPS) is 20.2. The molecule has 0 N–H and O–H groups in total. The molecule has 3 rings (SSSR count). The lowest BCUT2D eigenvalue weighted by Gasteiger charge is -2.37. The quantitative estimate of drug-likeness (QED) is 0.792. The van der Waals surface area contributed by atoms with Crippen molar-refractivity contribution in [2.24, 2.45) is 5.92 Å². The van der Waals surface area contributed by atoms with E-state index in [1.807, 2.05) is 19.1 Å². The number of anilines is 1. The van der Waals surface area contributed by atoms with Gasteiger partial charge in [-0.1, -0.05) is 6.07 Å². The van der Waals surface area contributed by atoms with Crippen molar-refractivity contribution in [2.45, 2.75) is 19.8 Å². The third-order valence-electron chi connectivity index (χ3n) is 5.23. The van der Waals surface area contributed by atoms with E-state index in [1.165, 1.54) is 26.5 Å². The van der Waals surface area contributed by atoms with Crippen LogP contribution in [0, 0.1) is 12.8 Å². The second kappa shape index (κ2) is 7.99. The van der Waals surface area contributed by atoms with Crippen molar-refractivity contribution in [1.82, 2.24) is 4.90 Å². The van der Waals surface area contributed by atoms with Gasteiger partial charge in [0.15, 0.2) is 0 Å². The van der Waals surface area contributed by atoms with Crippen LogP contribution in [-0.4, -0.2) is 63.9 Å². The minimum atomic E-state index is -0.253. The molecule has 2 fully saturated rings. The van der Waals surface area contributed by atoms with Gasteiger partial charge in [-0.05, 0) is 43.4 Å². The van der Waals surface area contributed by atoms with Gasteiger partial charge in [-0.25, -0.2) is 4.79 Å². The number of ether oxygens (including phenoxy) is 2. The van der Waals surface area contributed by atoms with Gasteiger partial charge in [0.05, 0.1) is 25.9 Å². The van der Waals surface area contributed by atoms with Gasteiger partial charge in [-0.2, -0.15) is 0 Å². The van der Waals surface area contributed by atoms with Crippen molar-refractivity contribution in [3.8, 4) is 0 Å². The standard InChI is InChI=1S/C19H28N2O3/c1-15-3-4-17(13-18(15)19(22)23-2)21-7-5-16(6-8-21)14-20-9-11-24-12-10-20/h3-4,13,16H,5-12,14H2,1-2H3. The Labute approximate surface area is 144 Å². The Hall–Kier alpha value is -1.59. The largest absolute Gasteiger partial charge is 0.465 e. The molecular weight excluding hydrogens is 304 g/mol. The van der Waals surface area contributed by atoms with Crippen molar-refractivity contribution >= 4 is 11.7 Å². The van der Waals surface area contributed by atoms with Gasteiger partial charge < -0.3 is 14.4 Å². The first-order chi connectivity index (χ1) is 11.7. The molecule has 1 aromatic carbocycles. The minimum Gasteiger partial charge on any atom is -0.465 e. The molecule has 2 heterocycles. The maximum absolute atomic E-state index is 11.9. The van der Waals surface area contributed by atoms with Gasteiger partial charge in [0.2, 0.25) is 0 Å². The summed E-state index contributed by atoms with van der Waals surface area (Å²) < 4.78 is 10.3. The van der Waals surface area contributed by atoms with Crippen LogP contribution >= 0.6 is 0 Å². The van der Waals surface area contributed by atoms with Gasteiger partial charge in [-0.15, -0.1) is 0 Å². The van der Waals surface area contributed by atoms with E-state index in [1.54, 1.807) is 0 Å². The second-order valence-electron chi connectivity index (χ2n) is 6.83. The highest BCUT2D eigenvalue weighted by Crippen LogP contribution is 2.26. The number of hydrogen-bond acceptors (Lipinski definition) is 5. The third-order valence-corrected chi connectivity index (χ3v) is 5.23. The van der Waals surface area contributed by atoms with Crippen molar-refractivity contribution < 1.29 is 14.3 Å². The van der Waals surface area contributed by atoms with Crippen molar-refractivity contribution in [3.63, 3.8) is 0 Å². The van der Waals surface area contributed by atoms with Gasteiger partial charge in [-0.3, -0.25) is 4.90 Å². The highest BCUT2D eigenvalue weighted by atomic mass is 16.5. The summed E-state index contributed by atoms with van der Waals surface area (Å²) in [5, 5.41) is 0. The molecule has 5 nitrogen and oxygen atoms in total. The summed E-state index contributed by atoms with van der Waals surface area (Å²) in [6.07, 6.45) is 2.41. The van der Waals surface area contributed by atoms with E-state index in [0.717, 1.165) is 56.6 Å². The monoisotopic (exact) mass is 332 g/mol. The zero-order valence-corrected chi connectivity index (χ0v) is 14.8. The number of hydrogen-bond donors (Lipinski definition) is 0. The first-order valence-electron chi connectivity index (χ1n) is 8.91. The van der Waals surface area contributed by atoms with Crippen LogP contribution in [0.5, 0.6) is 0 Å². The van der Waals surface area contributed by atoms with Crippen molar-refractivity contribution in [2.75, 3.05) is 57.9 Å². The third kappa shape index (κ3) is 4.08. The highest BCUT2D eigenvalue weighted by Gasteiger charge is 2.23. The van der Waals surface area contributed by atoms with Gasteiger partial charge in [0, 0.05) is 38.4 Å². The zero-order valence-electron chi connectivity index (χ0n) is 14.8. The Morgan fingerprint density at radius 1 is 1.21 bits per heavy atom. The Kier molecular flexibility index (Phi) is 5.74. The summed E-state index contributed by atoms with van der Waals surface area (Å²) in [4.78, 5) is 16.8. The van der Waals surface area contributed by atoms with E-state index in [0.29, 0.717) is 5.56 Å². The van der Waals surface area contributed by atoms with E-state index < -0.39 is 0 Å². The molecule has 5 heteroatoms. The number of rotatable bonds is 4. The summed E-state index contributed by atoms with van der Waals surface area (Å²) in [5.41, 5.74) is 2.77. The second-order valence-corrected chi connectivity index (χ2v) is 6.83. The Morgan fingerprint density at radius 2 is 1.92 bits per heavy atom. The minimum absolute atomic E-state index is 0.253. The zero-order chi connectivity index (χ0) is 16.9. The van der Waals surface area contributed by atoms with Crippen molar-refractivity contribution in [3.05, 3.63) is 29.3 Å². The SMILES string of the molecule is COC(=O)c1cc(N2CCC(CN3CCOCC3)CC2)ccc1C. The molecule has 24 heavy (non-hydrogen) atoms. The van der Waals surface area contributed by atoms with E-state index in [2.05, 4.69) is 15.9 Å². The number of methoxy groups -OCH3 is 1. The van der Waals surface area contributed by atoms with E-state index in [-0.39, 0.29) is 5.97 Å². The number of morpholine rings is 1.